The highest BCUT2D eigenvalue weighted by Gasteiger charge is 2.38. The van der Waals surface area contributed by atoms with Crippen LogP contribution in [0.15, 0.2) is 28.8 Å². The van der Waals surface area contributed by atoms with Gasteiger partial charge in [0, 0.05) is 18.5 Å². The fourth-order valence-electron chi connectivity index (χ4n) is 3.91. The van der Waals surface area contributed by atoms with Crippen LogP contribution in [-0.4, -0.2) is 52.1 Å². The average Bonchev–Trinajstić information content (AvgIpc) is 3.25. The monoisotopic (exact) mass is 347 g/mol. The number of rotatable bonds is 4. The lowest BCUT2D eigenvalue weighted by atomic mass is 9.94. The molecule has 1 saturated carbocycles. The number of nitrogens with zero attached hydrogens (tertiary/aromatic N) is 3. The van der Waals surface area contributed by atoms with Gasteiger partial charge in [0.05, 0.1) is 31.4 Å². The van der Waals surface area contributed by atoms with Gasteiger partial charge in [-0.25, -0.2) is 4.39 Å². The lowest BCUT2D eigenvalue weighted by Crippen LogP contribution is -2.50. The van der Waals surface area contributed by atoms with Gasteiger partial charge >= 0.3 is 0 Å². The first-order valence-electron chi connectivity index (χ1n) is 8.80. The Labute approximate surface area is 145 Å². The predicted octanol–water partition coefficient (Wildman–Crippen LogP) is 2.24. The second-order valence-electron chi connectivity index (χ2n) is 6.77. The Hall–Kier alpha value is -1.83. The quantitative estimate of drug-likeness (QED) is 0.915. The first-order chi connectivity index (χ1) is 12.2. The Morgan fingerprint density at radius 2 is 2.16 bits per heavy atom. The van der Waals surface area contributed by atoms with E-state index >= 15 is 0 Å². The van der Waals surface area contributed by atoms with E-state index in [9.17, 15) is 9.50 Å². The van der Waals surface area contributed by atoms with Crippen LogP contribution >= 0.6 is 0 Å². The number of hydrogen-bond acceptors (Lipinski definition) is 6. The normalized spacial score (nSPS) is 27.7. The minimum absolute atomic E-state index is 0.148. The largest absolute Gasteiger partial charge is 0.393 e. The van der Waals surface area contributed by atoms with Crippen molar-refractivity contribution in [1.82, 2.24) is 15.0 Å². The molecule has 0 bridgehead atoms. The van der Waals surface area contributed by atoms with Gasteiger partial charge in [0.1, 0.15) is 5.82 Å². The smallest absolute Gasteiger partial charge is 0.241 e. The summed E-state index contributed by atoms with van der Waals surface area (Å²) in [6.07, 6.45) is 2.64. The molecule has 0 spiro atoms. The molecule has 2 fully saturated rings. The summed E-state index contributed by atoms with van der Waals surface area (Å²) in [5, 5.41) is 14.1. The van der Waals surface area contributed by atoms with Crippen molar-refractivity contribution in [1.29, 1.82) is 0 Å². The summed E-state index contributed by atoms with van der Waals surface area (Å²) in [5.74, 6) is 0.568. The van der Waals surface area contributed by atoms with Gasteiger partial charge in [0.25, 0.3) is 0 Å². The molecule has 2 aromatic rings. The Bertz CT molecular complexity index is 723. The maximum Gasteiger partial charge on any atom is 0.241 e. The first-order valence-corrected chi connectivity index (χ1v) is 8.80. The third-order valence-corrected chi connectivity index (χ3v) is 5.23. The minimum Gasteiger partial charge on any atom is -0.393 e. The van der Waals surface area contributed by atoms with Crippen molar-refractivity contribution < 1.29 is 18.8 Å². The molecule has 1 N–H and O–H groups in total. The van der Waals surface area contributed by atoms with Crippen molar-refractivity contribution in [2.45, 2.75) is 38.0 Å². The maximum atomic E-state index is 13.9. The molecule has 1 aromatic heterocycles. The molecule has 4 rings (SSSR count). The zero-order chi connectivity index (χ0) is 17.2. The van der Waals surface area contributed by atoms with Crippen molar-refractivity contribution in [3.05, 3.63) is 36.0 Å². The number of aromatic nitrogens is 2. The first kappa shape index (κ1) is 16.6. The molecule has 3 atom stereocenters. The number of aliphatic hydroxyl groups is 1. The molecule has 0 unspecified atom stereocenters. The standard InChI is InChI=1S/C18H22FN3O3/c19-14-6-2-1-4-12(14)18-20-17(25-21-18)10-22-8-9-24-11-15(22)13-5-3-7-16(13)23/h1-2,4,6,13,15-16,23H,3,5,7-11H2/t13-,15-,16-/m1/s1. The van der Waals surface area contributed by atoms with Crippen LogP contribution in [-0.2, 0) is 11.3 Å². The van der Waals surface area contributed by atoms with Crippen LogP contribution in [0.3, 0.4) is 0 Å². The number of ether oxygens (including phenoxy) is 1. The van der Waals surface area contributed by atoms with Gasteiger partial charge in [-0.05, 0) is 25.0 Å². The van der Waals surface area contributed by atoms with E-state index in [1.165, 1.54) is 6.07 Å². The Morgan fingerprint density at radius 1 is 1.28 bits per heavy atom. The number of halogens is 1. The second kappa shape index (κ2) is 7.19. The summed E-state index contributed by atoms with van der Waals surface area (Å²) < 4.78 is 24.9. The summed E-state index contributed by atoms with van der Waals surface area (Å²) in [4.78, 5) is 6.59. The van der Waals surface area contributed by atoms with E-state index in [0.29, 0.717) is 31.2 Å². The molecular formula is C18H22FN3O3. The highest BCUT2D eigenvalue weighted by molar-refractivity contribution is 5.54. The molecule has 2 aliphatic rings. The fourth-order valence-corrected chi connectivity index (χ4v) is 3.91. The SMILES string of the molecule is O[C@@H]1CCC[C@@H]1[C@H]1COCCN1Cc1nc(-c2ccccc2F)no1. The van der Waals surface area contributed by atoms with Crippen LogP contribution in [0.1, 0.15) is 25.2 Å². The lowest BCUT2D eigenvalue weighted by Gasteiger charge is -2.39. The van der Waals surface area contributed by atoms with Crippen molar-refractivity contribution in [3.63, 3.8) is 0 Å². The second-order valence-corrected chi connectivity index (χ2v) is 6.77. The number of morpholine rings is 1. The van der Waals surface area contributed by atoms with Gasteiger partial charge in [-0.15, -0.1) is 0 Å². The van der Waals surface area contributed by atoms with E-state index in [2.05, 4.69) is 15.0 Å². The summed E-state index contributed by atoms with van der Waals surface area (Å²) >= 11 is 0. The molecule has 7 heteroatoms. The van der Waals surface area contributed by atoms with Crippen molar-refractivity contribution >= 4 is 0 Å². The molecule has 25 heavy (non-hydrogen) atoms. The van der Waals surface area contributed by atoms with Crippen LogP contribution in [0.4, 0.5) is 4.39 Å². The van der Waals surface area contributed by atoms with E-state index in [0.717, 1.165) is 25.8 Å². The molecule has 134 valence electrons. The van der Waals surface area contributed by atoms with Crippen LogP contribution in [0.2, 0.25) is 0 Å². The summed E-state index contributed by atoms with van der Waals surface area (Å²) in [6.45, 7) is 2.49. The molecule has 1 aromatic carbocycles. The van der Waals surface area contributed by atoms with Gasteiger partial charge in [-0.3, -0.25) is 4.90 Å². The third-order valence-electron chi connectivity index (χ3n) is 5.23. The highest BCUT2D eigenvalue weighted by Crippen LogP contribution is 2.33. The molecule has 0 amide bonds. The molecule has 0 radical (unpaired) electrons. The van der Waals surface area contributed by atoms with E-state index < -0.39 is 0 Å². The van der Waals surface area contributed by atoms with Crippen molar-refractivity contribution in [2.75, 3.05) is 19.8 Å². The van der Waals surface area contributed by atoms with Gasteiger partial charge in [-0.2, -0.15) is 4.98 Å². The number of aliphatic hydroxyl groups excluding tert-OH is 1. The predicted molar refractivity (Wildman–Crippen MR) is 88.1 cm³/mol. The van der Waals surface area contributed by atoms with Gasteiger partial charge in [0.15, 0.2) is 0 Å². The van der Waals surface area contributed by atoms with Crippen LogP contribution in [0.25, 0.3) is 11.4 Å². The van der Waals surface area contributed by atoms with Gasteiger partial charge in [-0.1, -0.05) is 23.7 Å². The minimum atomic E-state index is -0.367. The van der Waals surface area contributed by atoms with Crippen molar-refractivity contribution in [2.24, 2.45) is 5.92 Å². The van der Waals surface area contributed by atoms with Crippen molar-refractivity contribution in [3.8, 4) is 11.4 Å². The van der Waals surface area contributed by atoms with Crippen LogP contribution in [0.5, 0.6) is 0 Å². The van der Waals surface area contributed by atoms with E-state index in [-0.39, 0.29) is 29.7 Å². The Kier molecular flexibility index (Phi) is 4.78. The third kappa shape index (κ3) is 3.44. The number of hydrogen-bond donors (Lipinski definition) is 1. The number of benzene rings is 1. The van der Waals surface area contributed by atoms with Gasteiger partial charge in [0.2, 0.25) is 11.7 Å². The van der Waals surface area contributed by atoms with E-state index in [1.807, 2.05) is 0 Å². The highest BCUT2D eigenvalue weighted by atomic mass is 19.1. The fraction of sp³-hybridized carbons (Fsp3) is 0.556. The molecule has 1 aliphatic heterocycles. The van der Waals surface area contributed by atoms with Crippen LogP contribution in [0, 0.1) is 11.7 Å². The van der Waals surface area contributed by atoms with Crippen LogP contribution < -0.4 is 0 Å². The Balaban J connectivity index is 1.50. The van der Waals surface area contributed by atoms with Gasteiger partial charge < -0.3 is 14.4 Å². The topological polar surface area (TPSA) is 71.6 Å². The lowest BCUT2D eigenvalue weighted by molar-refractivity contribution is -0.0567. The van der Waals surface area contributed by atoms with E-state index in [4.69, 9.17) is 9.26 Å². The molecule has 6 nitrogen and oxygen atoms in total. The molecule has 1 aliphatic carbocycles. The summed E-state index contributed by atoms with van der Waals surface area (Å²) in [7, 11) is 0. The van der Waals surface area contributed by atoms with E-state index in [1.54, 1.807) is 18.2 Å². The summed E-state index contributed by atoms with van der Waals surface area (Å²) in [5.41, 5.74) is 0.335. The average molecular weight is 347 g/mol. The Morgan fingerprint density at radius 3 is 2.96 bits per heavy atom. The summed E-state index contributed by atoms with van der Waals surface area (Å²) in [6, 6.07) is 6.54. The molecule has 1 saturated heterocycles. The molecular weight excluding hydrogens is 325 g/mol. The zero-order valence-electron chi connectivity index (χ0n) is 14.0. The zero-order valence-corrected chi connectivity index (χ0v) is 14.0. The maximum absolute atomic E-state index is 13.9. The molecule has 2 heterocycles.